The topological polar surface area (TPSA) is 89.2 Å². The van der Waals surface area contributed by atoms with Gasteiger partial charge in [-0.2, -0.15) is 5.10 Å². The number of aromatic nitrogens is 5. The minimum absolute atomic E-state index is 0.0870. The molecule has 5 rings (SSSR count). The fourth-order valence-corrected chi connectivity index (χ4v) is 4.19. The van der Waals surface area contributed by atoms with Gasteiger partial charge in [0, 0.05) is 43.2 Å². The third-order valence-corrected chi connectivity index (χ3v) is 6.37. The van der Waals surface area contributed by atoms with Crippen molar-refractivity contribution >= 4 is 23.2 Å². The van der Waals surface area contributed by atoms with Crippen molar-refractivity contribution in [1.29, 1.82) is 0 Å². The number of carbonyl (C=O) groups excluding carboxylic acids is 1. The summed E-state index contributed by atoms with van der Waals surface area (Å²) in [5, 5.41) is 12.7. The van der Waals surface area contributed by atoms with Crippen molar-refractivity contribution in [1.82, 2.24) is 29.7 Å². The Morgan fingerprint density at radius 2 is 1.94 bits per heavy atom. The smallest absolute Gasteiger partial charge is 0.269 e. The van der Waals surface area contributed by atoms with E-state index in [0.717, 1.165) is 18.5 Å². The van der Waals surface area contributed by atoms with Crippen LogP contribution < -0.4 is 10.5 Å². The summed E-state index contributed by atoms with van der Waals surface area (Å²) in [6, 6.07) is 5.83. The lowest BCUT2D eigenvalue weighted by atomic mass is 10.2. The number of aryl methyl sites for hydroxylation is 1. The van der Waals surface area contributed by atoms with Gasteiger partial charge in [0.25, 0.3) is 5.56 Å². The summed E-state index contributed by atoms with van der Waals surface area (Å²) in [6.45, 7) is 4.45. The van der Waals surface area contributed by atoms with Crippen LogP contribution in [0.1, 0.15) is 24.2 Å². The highest BCUT2D eigenvalue weighted by Gasteiger charge is 2.34. The Morgan fingerprint density at radius 1 is 1.18 bits per heavy atom. The standard InChI is InChI=1S/C22H23ClFN7O2/c1-14-20(31(27-26-14)19-5-4-16(23)10-18(19)24)13-30-21(32)11-17(12-25-30)28-6-8-29(9-7-28)22(33)15-2-3-15/h4-5,10-12,15H,2-3,6-9,13H2,1H3. The fourth-order valence-electron chi connectivity index (χ4n) is 4.04. The van der Waals surface area contributed by atoms with Gasteiger partial charge in [0.15, 0.2) is 0 Å². The maximum absolute atomic E-state index is 14.4. The van der Waals surface area contributed by atoms with Crippen LogP contribution in [-0.2, 0) is 11.3 Å². The van der Waals surface area contributed by atoms with Crippen LogP contribution in [0.5, 0.6) is 0 Å². The highest BCUT2D eigenvalue weighted by Crippen LogP contribution is 2.31. The van der Waals surface area contributed by atoms with Crippen LogP contribution >= 0.6 is 11.6 Å². The van der Waals surface area contributed by atoms with Gasteiger partial charge in [-0.1, -0.05) is 16.8 Å². The van der Waals surface area contributed by atoms with E-state index in [9.17, 15) is 14.0 Å². The monoisotopic (exact) mass is 471 g/mol. The van der Waals surface area contributed by atoms with Crippen LogP contribution in [0.3, 0.4) is 0 Å². The van der Waals surface area contributed by atoms with Gasteiger partial charge in [-0.3, -0.25) is 9.59 Å². The Morgan fingerprint density at radius 3 is 2.61 bits per heavy atom. The molecule has 1 amide bonds. The highest BCUT2D eigenvalue weighted by atomic mass is 35.5. The molecule has 0 N–H and O–H groups in total. The second kappa shape index (κ2) is 8.58. The molecule has 1 aromatic carbocycles. The number of hydrogen-bond donors (Lipinski definition) is 0. The zero-order valence-corrected chi connectivity index (χ0v) is 18.9. The van der Waals surface area contributed by atoms with Crippen molar-refractivity contribution in [2.24, 2.45) is 5.92 Å². The van der Waals surface area contributed by atoms with Crippen molar-refractivity contribution in [2.75, 3.05) is 31.1 Å². The minimum atomic E-state index is -0.538. The van der Waals surface area contributed by atoms with E-state index in [1.807, 2.05) is 4.90 Å². The molecule has 9 nitrogen and oxygen atoms in total. The maximum Gasteiger partial charge on any atom is 0.269 e. The van der Waals surface area contributed by atoms with Gasteiger partial charge in [0.1, 0.15) is 11.5 Å². The maximum atomic E-state index is 14.4. The van der Waals surface area contributed by atoms with Crippen LogP contribution in [0.4, 0.5) is 10.1 Å². The van der Waals surface area contributed by atoms with Gasteiger partial charge in [0.2, 0.25) is 5.91 Å². The summed E-state index contributed by atoms with van der Waals surface area (Å²) in [7, 11) is 0. The molecular formula is C22H23ClFN7O2. The van der Waals surface area contributed by atoms with Crippen LogP contribution in [-0.4, -0.2) is 61.8 Å². The molecule has 2 aromatic heterocycles. The first-order valence-electron chi connectivity index (χ1n) is 10.9. The van der Waals surface area contributed by atoms with Crippen LogP contribution in [0.15, 0.2) is 35.3 Å². The van der Waals surface area contributed by atoms with Crippen LogP contribution in [0.2, 0.25) is 5.02 Å². The quantitative estimate of drug-likeness (QED) is 0.565. The van der Waals surface area contributed by atoms with E-state index in [1.54, 1.807) is 19.2 Å². The third-order valence-electron chi connectivity index (χ3n) is 6.13. The predicted molar refractivity (Wildman–Crippen MR) is 120 cm³/mol. The molecule has 0 spiro atoms. The molecule has 172 valence electrons. The lowest BCUT2D eigenvalue weighted by Gasteiger charge is -2.36. The molecule has 3 aromatic rings. The molecule has 33 heavy (non-hydrogen) atoms. The minimum Gasteiger partial charge on any atom is -0.367 e. The fraction of sp³-hybridized carbons (Fsp3) is 0.409. The summed E-state index contributed by atoms with van der Waals surface area (Å²) in [5.74, 6) is -0.0700. The number of benzene rings is 1. The summed E-state index contributed by atoms with van der Waals surface area (Å²) >= 11 is 5.85. The van der Waals surface area contributed by atoms with E-state index in [0.29, 0.717) is 37.6 Å². The zero-order chi connectivity index (χ0) is 23.1. The molecular weight excluding hydrogens is 449 g/mol. The van der Waals surface area contributed by atoms with Crippen molar-refractivity contribution < 1.29 is 9.18 Å². The summed E-state index contributed by atoms with van der Waals surface area (Å²) in [5.41, 5.74) is 1.75. The van der Waals surface area contributed by atoms with Gasteiger partial charge in [-0.05, 0) is 38.0 Å². The first-order valence-corrected chi connectivity index (χ1v) is 11.3. The van der Waals surface area contributed by atoms with Crippen molar-refractivity contribution in [2.45, 2.75) is 26.3 Å². The Kier molecular flexibility index (Phi) is 5.61. The van der Waals surface area contributed by atoms with Gasteiger partial charge < -0.3 is 9.80 Å². The number of carbonyl (C=O) groups is 1. The molecule has 11 heteroatoms. The van der Waals surface area contributed by atoms with Crippen LogP contribution in [0, 0.1) is 18.7 Å². The number of rotatable bonds is 5. The van der Waals surface area contributed by atoms with Gasteiger partial charge >= 0.3 is 0 Å². The number of piperazine rings is 1. The normalized spacial score (nSPS) is 16.3. The molecule has 1 saturated heterocycles. The summed E-state index contributed by atoms with van der Waals surface area (Å²) in [4.78, 5) is 29.0. The van der Waals surface area contributed by atoms with E-state index in [2.05, 4.69) is 20.3 Å². The first-order chi connectivity index (χ1) is 15.9. The van der Waals surface area contributed by atoms with Gasteiger partial charge in [-0.25, -0.2) is 13.8 Å². The number of hydrogen-bond acceptors (Lipinski definition) is 6. The van der Waals surface area contributed by atoms with Crippen molar-refractivity contribution in [3.63, 3.8) is 0 Å². The average molecular weight is 472 g/mol. The molecule has 1 aliphatic carbocycles. The SMILES string of the molecule is Cc1nnn(-c2ccc(Cl)cc2F)c1Cn1ncc(N2CCN(C(=O)C3CC3)CC2)cc1=O. The summed E-state index contributed by atoms with van der Waals surface area (Å²) < 4.78 is 17.1. The van der Waals surface area contributed by atoms with Gasteiger partial charge in [-0.15, -0.1) is 5.10 Å². The molecule has 0 atom stereocenters. The van der Waals surface area contributed by atoms with Crippen LogP contribution in [0.25, 0.3) is 5.69 Å². The molecule has 3 heterocycles. The highest BCUT2D eigenvalue weighted by molar-refractivity contribution is 6.30. The van der Waals surface area contributed by atoms with Crippen molar-refractivity contribution in [3.05, 3.63) is 63.0 Å². The Balaban J connectivity index is 1.33. The Labute approximate surface area is 194 Å². The predicted octanol–water partition coefficient (Wildman–Crippen LogP) is 2.03. The molecule has 0 unspecified atom stereocenters. The number of halogens is 2. The molecule has 0 bridgehead atoms. The second-order valence-corrected chi connectivity index (χ2v) is 8.86. The zero-order valence-electron chi connectivity index (χ0n) is 18.1. The van der Waals surface area contributed by atoms with E-state index in [-0.39, 0.29) is 34.6 Å². The molecule has 2 fully saturated rings. The lowest BCUT2D eigenvalue weighted by molar-refractivity contribution is -0.132. The molecule has 1 saturated carbocycles. The molecule has 2 aliphatic rings. The Hall–Kier alpha value is -3.27. The Bertz CT molecular complexity index is 1260. The third kappa shape index (κ3) is 4.35. The second-order valence-electron chi connectivity index (χ2n) is 8.43. The average Bonchev–Trinajstić information content (AvgIpc) is 3.59. The number of anilines is 1. The number of amides is 1. The van der Waals surface area contributed by atoms with E-state index >= 15 is 0 Å². The van der Waals surface area contributed by atoms with Gasteiger partial charge in [0.05, 0.1) is 29.8 Å². The summed E-state index contributed by atoms with van der Waals surface area (Å²) in [6.07, 6.45) is 3.64. The molecule has 1 aliphatic heterocycles. The van der Waals surface area contributed by atoms with Crippen molar-refractivity contribution in [3.8, 4) is 5.69 Å². The van der Waals surface area contributed by atoms with E-state index in [4.69, 9.17) is 11.6 Å². The van der Waals surface area contributed by atoms with E-state index in [1.165, 1.54) is 27.6 Å². The molecule has 0 radical (unpaired) electrons. The lowest BCUT2D eigenvalue weighted by Crippen LogP contribution is -2.49. The number of nitrogens with zero attached hydrogens (tertiary/aromatic N) is 7. The first kappa shape index (κ1) is 21.6. The largest absolute Gasteiger partial charge is 0.367 e. The van der Waals surface area contributed by atoms with E-state index < -0.39 is 5.82 Å².